The fourth-order valence-corrected chi connectivity index (χ4v) is 13.9. The van der Waals surface area contributed by atoms with Crippen LogP contribution in [0.5, 0.6) is 0 Å². The molecule has 8 fully saturated rings. The van der Waals surface area contributed by atoms with E-state index >= 15 is 0 Å². The predicted octanol–water partition coefficient (Wildman–Crippen LogP) is -19.4. The Balaban J connectivity index is 1.14. The van der Waals surface area contributed by atoms with Gasteiger partial charge < -0.3 is 225 Å². The van der Waals surface area contributed by atoms with Crippen LogP contribution in [0.15, 0.2) is 0 Å². The minimum Gasteiger partial charge on any atom is -0.394 e. The van der Waals surface area contributed by atoms with Crippen LogP contribution in [-0.4, -0.2) is 481 Å². The summed E-state index contributed by atoms with van der Waals surface area (Å²) < 4.78 is 94.4. The molecule has 644 valence electrons. The van der Waals surface area contributed by atoms with Gasteiger partial charge in [-0.3, -0.25) is 19.2 Å². The van der Waals surface area contributed by atoms with Crippen LogP contribution in [0.4, 0.5) is 0 Å². The minimum atomic E-state index is -2.57. The molecule has 8 saturated heterocycles. The molecule has 0 aromatic rings. The highest BCUT2D eigenvalue weighted by atomic mass is 16.8. The molecule has 8 aliphatic rings. The Kier molecular flexibility index (Phi) is 34.3. The van der Waals surface area contributed by atoms with Crippen molar-refractivity contribution in [3.63, 3.8) is 0 Å². The van der Waals surface area contributed by atoms with Crippen LogP contribution in [0.2, 0.25) is 0 Å². The first-order valence-electron chi connectivity index (χ1n) is 35.4. The lowest BCUT2D eigenvalue weighted by atomic mass is 9.94. The van der Waals surface area contributed by atoms with Crippen molar-refractivity contribution >= 4 is 23.6 Å². The number of carbonyl (C=O) groups excluding carboxylic acids is 4. The third kappa shape index (κ3) is 21.4. The number of carbonyl (C=O) groups is 4. The quantitative estimate of drug-likeness (QED) is 0.0297. The molecule has 8 aliphatic heterocycles. The highest BCUT2D eigenvalue weighted by molar-refractivity contribution is 5.74. The summed E-state index contributed by atoms with van der Waals surface area (Å²) in [5, 5.41) is 286. The molecular weight excluding hydrogens is 1520 g/mol. The Morgan fingerprint density at radius 2 is 0.703 bits per heavy atom. The molecule has 0 saturated carbocycles. The van der Waals surface area contributed by atoms with Gasteiger partial charge >= 0.3 is 0 Å². The Labute approximate surface area is 629 Å². The van der Waals surface area contributed by atoms with Crippen LogP contribution in [-0.2, 0) is 95.0 Å². The average molecular weight is 1630 g/mol. The summed E-state index contributed by atoms with van der Waals surface area (Å²) in [4.78, 5) is 50.8. The van der Waals surface area contributed by atoms with E-state index in [-0.39, 0.29) is 0 Å². The van der Waals surface area contributed by atoms with E-state index in [9.17, 15) is 147 Å². The molecule has 44 atom stereocenters. The summed E-state index contributed by atoms with van der Waals surface area (Å²) in [5.41, 5.74) is 0. The molecule has 8 rings (SSSR count). The number of aliphatic hydroxyl groups excluding tert-OH is 25. The maximum absolute atomic E-state index is 13.1. The van der Waals surface area contributed by atoms with Gasteiger partial charge in [0.2, 0.25) is 23.6 Å². The summed E-state index contributed by atoms with van der Waals surface area (Å²) in [6.45, 7) is -4.83. The lowest BCUT2D eigenvalue weighted by Crippen LogP contribution is -2.70. The third-order valence-corrected chi connectivity index (χ3v) is 20.0. The number of amides is 4. The Hall–Kier alpha value is -3.76. The molecule has 0 radical (unpaired) electrons. The zero-order chi connectivity index (χ0) is 82.2. The zero-order valence-corrected chi connectivity index (χ0v) is 60.1. The fraction of sp³-hybridized carbons (Fsp3) is 0.935. The maximum Gasteiger partial charge on any atom is 0.217 e. The van der Waals surface area contributed by atoms with Crippen molar-refractivity contribution in [2.45, 2.75) is 304 Å². The van der Waals surface area contributed by atoms with Crippen LogP contribution in [0, 0.1) is 0 Å². The highest BCUT2D eigenvalue weighted by Crippen LogP contribution is 2.39. The average Bonchev–Trinajstić information content (AvgIpc) is 0.771. The molecule has 4 amide bonds. The number of rotatable bonds is 32. The van der Waals surface area contributed by atoms with Gasteiger partial charge in [-0.1, -0.05) is 0 Å². The van der Waals surface area contributed by atoms with Gasteiger partial charge in [0.05, 0.1) is 71.6 Å². The molecule has 0 spiro atoms. The van der Waals surface area contributed by atoms with Gasteiger partial charge in [-0.2, -0.15) is 0 Å². The van der Waals surface area contributed by atoms with Gasteiger partial charge in [-0.05, 0) is 6.92 Å². The van der Waals surface area contributed by atoms with Gasteiger partial charge in [-0.15, -0.1) is 0 Å². The van der Waals surface area contributed by atoms with Crippen molar-refractivity contribution in [3.8, 4) is 0 Å². The number of hydrogen-bond acceptors (Lipinski definition) is 45. The summed E-state index contributed by atoms with van der Waals surface area (Å²) >= 11 is 0. The Morgan fingerprint density at radius 3 is 1.18 bits per heavy atom. The van der Waals surface area contributed by atoms with E-state index < -0.39 is 353 Å². The van der Waals surface area contributed by atoms with E-state index in [1.807, 2.05) is 0 Å². The van der Waals surface area contributed by atoms with E-state index in [0.29, 0.717) is 0 Å². The second-order valence-corrected chi connectivity index (χ2v) is 28.0. The molecule has 49 heteroatoms. The van der Waals surface area contributed by atoms with Crippen LogP contribution in [0.25, 0.3) is 0 Å². The number of hydrogen-bond donors (Lipinski definition) is 29. The second-order valence-electron chi connectivity index (χ2n) is 28.0. The Bertz CT molecular complexity index is 2900. The highest BCUT2D eigenvalue weighted by Gasteiger charge is 2.60. The molecule has 0 bridgehead atoms. The van der Waals surface area contributed by atoms with Crippen molar-refractivity contribution in [3.05, 3.63) is 0 Å². The van der Waals surface area contributed by atoms with Crippen molar-refractivity contribution in [1.29, 1.82) is 0 Å². The number of nitrogens with one attached hydrogen (secondary N) is 4. The summed E-state index contributed by atoms with van der Waals surface area (Å²) in [6.07, 6.45) is -82.8. The first kappa shape index (κ1) is 92.7. The standard InChI is InChI=1S/C62H106N4O45/c1-15-32(79)42(89)46(93)58(98-15)96-13-21(78)49(33(80)20(6-67)63-16(2)74)106-56-30(65-18(4)76)40(87)51(27(12-73)103-56)108-60-48(95)52(109-62-54(45(92)37(84)25(10-71)102-62)111-55-29(64-17(3)75)39(86)34(81)22(7-68)99-55)38(85)28(105-60)14-97-61-53(44(91)36(83)24(9-70)101-61)110-57-31(66-19(5)77)41(88)50(26(11-72)104-57)107-59-47(94)43(90)35(82)23(8-69)100-59/h15,20-62,67-73,78-95H,6-14H2,1-5H3,(H,63,74)(H,64,75)(H,65,76)(H,66,77)/t15-,20-,21+,22+,23+,24+,25+,26+,27+,28+,29+,30+,31+,32+,33+,34+,35-,36+,37+,38+,39+,40+,41+,42+,43-,44-,45-,46-,47+,48-,49+,50+,51+,52-,53-,54-,55?,56?,57?,58?,59?,60?,61?,62?/m0/s1. The van der Waals surface area contributed by atoms with Crippen molar-refractivity contribution in [1.82, 2.24) is 21.3 Å². The second kappa shape index (κ2) is 41.1. The first-order valence-corrected chi connectivity index (χ1v) is 35.4. The number of ether oxygens (including phenoxy) is 16. The predicted molar refractivity (Wildman–Crippen MR) is 344 cm³/mol. The molecule has 8 heterocycles. The largest absolute Gasteiger partial charge is 0.394 e. The van der Waals surface area contributed by atoms with Gasteiger partial charge in [0.15, 0.2) is 50.3 Å². The summed E-state index contributed by atoms with van der Waals surface area (Å²) in [6, 6.07) is -7.47. The molecule has 0 aromatic carbocycles. The van der Waals surface area contributed by atoms with Crippen LogP contribution >= 0.6 is 0 Å². The van der Waals surface area contributed by atoms with E-state index in [2.05, 4.69) is 21.3 Å². The lowest BCUT2D eigenvalue weighted by molar-refractivity contribution is -0.396. The molecule has 0 aromatic heterocycles. The van der Waals surface area contributed by atoms with Crippen LogP contribution < -0.4 is 21.3 Å². The molecule has 29 N–H and O–H groups in total. The number of aliphatic hydroxyl groups is 25. The smallest absolute Gasteiger partial charge is 0.217 e. The van der Waals surface area contributed by atoms with E-state index in [4.69, 9.17) is 75.8 Å². The zero-order valence-electron chi connectivity index (χ0n) is 60.1. The van der Waals surface area contributed by atoms with Gasteiger partial charge in [0.1, 0.15) is 207 Å². The van der Waals surface area contributed by atoms with Crippen LogP contribution in [0.1, 0.15) is 34.6 Å². The molecular formula is C62H106N4O45. The molecule has 49 nitrogen and oxygen atoms in total. The molecule has 8 unspecified atom stereocenters. The fourth-order valence-electron chi connectivity index (χ4n) is 13.9. The SMILES string of the molecule is CC(=O)N[C@@H](CO)[C@@H](O)[C@H](OC1O[C@H](CO)[C@@H](OC2O[C@H](COC3O[C@H](CO)[C@@H](O)[C@H](O)[C@@H]3OC3O[C@H](CO)[C@@H](OC4O[C@H](CO)[C@H](O)[C@H](O)[C@H]4O)[C@H](O)[C@H]3NC(C)=O)[C@@H](O)[C@H](OC3O[C@H](CO)[C@@H](O)[C@H](O)[C@@H]3OC3O[C@H](CO)[C@@H](O)[C@H](O)[C@H]3NC(C)=O)[C@@H]2O)[C@H](O)[C@H]1NC(C)=O)[C@H](O)COC1O[C@@H](C)[C@@H](O)[C@@H](O)[C@@H]1O. The van der Waals surface area contributed by atoms with Gasteiger partial charge in [0.25, 0.3) is 0 Å². The van der Waals surface area contributed by atoms with E-state index in [1.54, 1.807) is 0 Å². The van der Waals surface area contributed by atoms with Crippen molar-refractivity contribution < 1.29 is 223 Å². The molecule has 111 heavy (non-hydrogen) atoms. The van der Waals surface area contributed by atoms with Gasteiger partial charge in [-0.25, -0.2) is 0 Å². The topological polar surface area (TPSA) is 770 Å². The third-order valence-electron chi connectivity index (χ3n) is 20.0. The first-order chi connectivity index (χ1) is 52.4. The molecule has 0 aliphatic carbocycles. The van der Waals surface area contributed by atoms with Crippen molar-refractivity contribution in [2.75, 3.05) is 59.5 Å². The Morgan fingerprint density at radius 1 is 0.333 bits per heavy atom. The van der Waals surface area contributed by atoms with Crippen LogP contribution in [0.3, 0.4) is 0 Å². The lowest BCUT2D eigenvalue weighted by Gasteiger charge is -2.50. The van der Waals surface area contributed by atoms with Crippen molar-refractivity contribution in [2.24, 2.45) is 0 Å². The minimum absolute atomic E-state index is 0.852. The normalized spacial score (nSPS) is 46.3. The maximum atomic E-state index is 13.1. The summed E-state index contributed by atoms with van der Waals surface area (Å²) in [5.74, 6) is -3.67. The van der Waals surface area contributed by atoms with E-state index in [0.717, 1.165) is 27.7 Å². The summed E-state index contributed by atoms with van der Waals surface area (Å²) in [7, 11) is 0. The van der Waals surface area contributed by atoms with E-state index in [1.165, 1.54) is 6.92 Å². The monoisotopic (exact) mass is 1630 g/mol. The van der Waals surface area contributed by atoms with Gasteiger partial charge in [0, 0.05) is 27.7 Å².